The Morgan fingerprint density at radius 2 is 2.08 bits per heavy atom. The van der Waals surface area contributed by atoms with Gasteiger partial charge in [0.05, 0.1) is 12.4 Å². The Morgan fingerprint density at radius 1 is 1.24 bits per heavy atom. The molecule has 6 nitrogen and oxygen atoms in total. The molecule has 1 fully saturated rings. The highest BCUT2D eigenvalue weighted by Gasteiger charge is 2.46. The van der Waals surface area contributed by atoms with Gasteiger partial charge in [-0.05, 0) is 36.6 Å². The molecule has 2 aliphatic rings. The molecule has 1 amide bonds. The van der Waals surface area contributed by atoms with E-state index in [9.17, 15) is 14.7 Å². The van der Waals surface area contributed by atoms with E-state index >= 15 is 0 Å². The standard InChI is InChI=1S/C19H19NO5/c21-18-14-7-2-1-6-13(14)16(19(22)23)17(15-8-4-10-25-15)20(18)11-12-5-3-9-24-12/h1-2,4,6-8,10,12,16-17H,3,5,9,11H2,(H,22,23). The molecule has 1 saturated heterocycles. The van der Waals surface area contributed by atoms with Gasteiger partial charge in [-0.3, -0.25) is 9.59 Å². The minimum atomic E-state index is -0.973. The molecule has 3 unspecified atom stereocenters. The Bertz CT molecular complexity index is 779. The summed E-state index contributed by atoms with van der Waals surface area (Å²) in [6.07, 6.45) is 3.26. The smallest absolute Gasteiger partial charge is 0.313 e. The summed E-state index contributed by atoms with van der Waals surface area (Å²) in [5.74, 6) is -1.54. The number of carboxylic acids is 1. The summed E-state index contributed by atoms with van der Waals surface area (Å²) in [7, 11) is 0. The van der Waals surface area contributed by atoms with Gasteiger partial charge in [-0.25, -0.2) is 0 Å². The van der Waals surface area contributed by atoms with Gasteiger partial charge in [0.25, 0.3) is 5.91 Å². The molecule has 3 atom stereocenters. The van der Waals surface area contributed by atoms with Crippen LogP contribution in [0, 0.1) is 0 Å². The van der Waals surface area contributed by atoms with Crippen molar-refractivity contribution in [2.75, 3.05) is 13.2 Å². The maximum atomic E-state index is 13.1. The van der Waals surface area contributed by atoms with Gasteiger partial charge in [-0.15, -0.1) is 0 Å². The van der Waals surface area contributed by atoms with Crippen molar-refractivity contribution in [3.63, 3.8) is 0 Å². The van der Waals surface area contributed by atoms with Crippen molar-refractivity contribution in [2.24, 2.45) is 0 Å². The molecule has 1 aromatic heterocycles. The van der Waals surface area contributed by atoms with Gasteiger partial charge < -0.3 is 19.2 Å². The normalized spacial score (nSPS) is 25.8. The number of carboxylic acid groups (broad SMARTS) is 1. The van der Waals surface area contributed by atoms with Gasteiger partial charge in [0.15, 0.2) is 0 Å². The third kappa shape index (κ3) is 2.72. The number of rotatable bonds is 4. The largest absolute Gasteiger partial charge is 0.481 e. The number of furan rings is 1. The molecule has 6 heteroatoms. The number of hydrogen-bond donors (Lipinski definition) is 1. The van der Waals surface area contributed by atoms with Crippen molar-refractivity contribution in [1.82, 2.24) is 4.90 Å². The van der Waals surface area contributed by atoms with E-state index in [4.69, 9.17) is 9.15 Å². The van der Waals surface area contributed by atoms with Gasteiger partial charge in [-0.1, -0.05) is 18.2 Å². The number of benzene rings is 1. The fourth-order valence-corrected chi connectivity index (χ4v) is 3.84. The van der Waals surface area contributed by atoms with Crippen molar-refractivity contribution in [2.45, 2.75) is 30.9 Å². The van der Waals surface area contributed by atoms with Crippen LogP contribution >= 0.6 is 0 Å². The molecular weight excluding hydrogens is 322 g/mol. The van der Waals surface area contributed by atoms with Crippen LogP contribution in [0.25, 0.3) is 0 Å². The number of aliphatic carboxylic acids is 1. The van der Waals surface area contributed by atoms with E-state index in [1.165, 1.54) is 6.26 Å². The van der Waals surface area contributed by atoms with E-state index in [1.54, 1.807) is 41.3 Å². The number of carbonyl (C=O) groups is 2. The number of ether oxygens (including phenoxy) is 1. The third-order valence-electron chi connectivity index (χ3n) is 4.96. The monoisotopic (exact) mass is 341 g/mol. The Balaban J connectivity index is 1.82. The molecule has 130 valence electrons. The third-order valence-corrected chi connectivity index (χ3v) is 4.96. The summed E-state index contributed by atoms with van der Waals surface area (Å²) < 4.78 is 11.2. The summed E-state index contributed by atoms with van der Waals surface area (Å²) in [6, 6.07) is 9.68. The molecule has 1 aromatic carbocycles. The van der Waals surface area contributed by atoms with E-state index in [1.807, 2.05) is 0 Å². The molecule has 1 N–H and O–H groups in total. The lowest BCUT2D eigenvalue weighted by atomic mass is 9.81. The predicted octanol–water partition coefficient (Wildman–Crippen LogP) is 2.82. The molecule has 0 spiro atoms. The zero-order valence-electron chi connectivity index (χ0n) is 13.6. The van der Waals surface area contributed by atoms with Crippen LogP contribution in [0.3, 0.4) is 0 Å². The van der Waals surface area contributed by atoms with Crippen LogP contribution in [0.1, 0.15) is 46.5 Å². The first-order valence-electron chi connectivity index (χ1n) is 8.44. The number of carbonyl (C=O) groups excluding carboxylic acids is 1. The second-order valence-electron chi connectivity index (χ2n) is 6.46. The predicted molar refractivity (Wildman–Crippen MR) is 88.3 cm³/mol. The van der Waals surface area contributed by atoms with Crippen LogP contribution in [0.15, 0.2) is 47.1 Å². The minimum Gasteiger partial charge on any atom is -0.481 e. The van der Waals surface area contributed by atoms with Crippen LogP contribution in [0.5, 0.6) is 0 Å². The van der Waals surface area contributed by atoms with Crippen LogP contribution in [-0.4, -0.2) is 41.1 Å². The molecule has 25 heavy (non-hydrogen) atoms. The Hall–Kier alpha value is -2.60. The molecule has 0 radical (unpaired) electrons. The average Bonchev–Trinajstić information content (AvgIpc) is 3.30. The SMILES string of the molecule is O=C(O)C1c2ccccc2C(=O)N(CC2CCCO2)C1c1ccco1. The van der Waals surface area contributed by atoms with Crippen molar-refractivity contribution in [1.29, 1.82) is 0 Å². The van der Waals surface area contributed by atoms with E-state index in [0.29, 0.717) is 30.0 Å². The van der Waals surface area contributed by atoms with Gasteiger partial charge in [0.1, 0.15) is 17.7 Å². The first-order chi connectivity index (χ1) is 12.2. The second-order valence-corrected chi connectivity index (χ2v) is 6.46. The minimum absolute atomic E-state index is 0.0684. The molecule has 3 heterocycles. The van der Waals surface area contributed by atoms with E-state index < -0.39 is 17.9 Å². The first kappa shape index (κ1) is 15.9. The molecule has 0 saturated carbocycles. The van der Waals surface area contributed by atoms with Gasteiger partial charge in [0.2, 0.25) is 0 Å². The number of hydrogen-bond acceptors (Lipinski definition) is 4. The summed E-state index contributed by atoms with van der Waals surface area (Å²) in [5.41, 5.74) is 0.973. The van der Waals surface area contributed by atoms with E-state index in [-0.39, 0.29) is 12.0 Å². The zero-order valence-corrected chi connectivity index (χ0v) is 13.6. The molecule has 2 aliphatic heterocycles. The van der Waals surface area contributed by atoms with E-state index in [0.717, 1.165) is 12.8 Å². The van der Waals surface area contributed by atoms with Crippen molar-refractivity contribution in [3.8, 4) is 0 Å². The number of nitrogens with zero attached hydrogens (tertiary/aromatic N) is 1. The second kappa shape index (κ2) is 6.37. The number of amides is 1. The maximum Gasteiger partial charge on any atom is 0.313 e. The highest BCUT2D eigenvalue weighted by molar-refractivity contribution is 6.00. The van der Waals surface area contributed by atoms with Crippen LogP contribution < -0.4 is 0 Å². The van der Waals surface area contributed by atoms with Gasteiger partial charge >= 0.3 is 5.97 Å². The lowest BCUT2D eigenvalue weighted by Crippen LogP contribution is -2.47. The molecule has 4 rings (SSSR count). The quantitative estimate of drug-likeness (QED) is 0.925. The summed E-state index contributed by atoms with van der Waals surface area (Å²) in [5, 5.41) is 9.91. The summed E-state index contributed by atoms with van der Waals surface area (Å²) in [6.45, 7) is 1.04. The summed E-state index contributed by atoms with van der Waals surface area (Å²) in [4.78, 5) is 26.8. The highest BCUT2D eigenvalue weighted by atomic mass is 16.5. The Labute approximate surface area is 145 Å². The fourth-order valence-electron chi connectivity index (χ4n) is 3.84. The summed E-state index contributed by atoms with van der Waals surface area (Å²) >= 11 is 0. The molecule has 0 bridgehead atoms. The lowest BCUT2D eigenvalue weighted by molar-refractivity contribution is -0.141. The molecular formula is C19H19NO5. The lowest BCUT2D eigenvalue weighted by Gasteiger charge is -2.40. The van der Waals surface area contributed by atoms with Crippen molar-refractivity contribution < 1.29 is 23.8 Å². The van der Waals surface area contributed by atoms with Crippen molar-refractivity contribution >= 4 is 11.9 Å². The van der Waals surface area contributed by atoms with Crippen LogP contribution in [0.2, 0.25) is 0 Å². The molecule has 2 aromatic rings. The fraction of sp³-hybridized carbons (Fsp3) is 0.368. The average molecular weight is 341 g/mol. The van der Waals surface area contributed by atoms with Gasteiger partial charge in [-0.2, -0.15) is 0 Å². The first-order valence-corrected chi connectivity index (χ1v) is 8.44. The zero-order chi connectivity index (χ0) is 17.4. The Morgan fingerprint density at radius 3 is 2.76 bits per heavy atom. The maximum absolute atomic E-state index is 13.1. The topological polar surface area (TPSA) is 80.0 Å². The van der Waals surface area contributed by atoms with Crippen LogP contribution in [-0.2, 0) is 9.53 Å². The van der Waals surface area contributed by atoms with Crippen LogP contribution in [0.4, 0.5) is 0 Å². The Kier molecular flexibility index (Phi) is 4.05. The van der Waals surface area contributed by atoms with Gasteiger partial charge in [0, 0.05) is 18.7 Å². The van der Waals surface area contributed by atoms with E-state index in [2.05, 4.69) is 0 Å². The number of fused-ring (bicyclic) bond motifs is 1. The van der Waals surface area contributed by atoms with Crippen molar-refractivity contribution in [3.05, 3.63) is 59.5 Å². The highest BCUT2D eigenvalue weighted by Crippen LogP contribution is 2.43. The molecule has 0 aliphatic carbocycles.